The number of benzene rings is 1. The maximum absolute atomic E-state index is 12.6. The van der Waals surface area contributed by atoms with Gasteiger partial charge in [-0.15, -0.1) is 13.2 Å². The standard InChI is InChI=1S/C18H22F3N5O2/c1-22-17(23-9-13-5-3-4-6-15(13)28-18(19,20)21)26-7-8-27-16(12-26)14-10-24-25(2)11-14/h3-6,10-11,16H,7-9,12H2,1-2H3,(H,22,23). The molecule has 2 aromatic rings. The molecular formula is C18H22F3N5O2. The first kappa shape index (κ1) is 20.0. The zero-order valence-corrected chi connectivity index (χ0v) is 15.6. The molecule has 0 amide bonds. The van der Waals surface area contributed by atoms with Crippen molar-refractivity contribution in [3.63, 3.8) is 0 Å². The largest absolute Gasteiger partial charge is 0.573 e. The van der Waals surface area contributed by atoms with Crippen molar-refractivity contribution in [1.82, 2.24) is 20.0 Å². The first-order valence-electron chi connectivity index (χ1n) is 8.75. The molecule has 2 heterocycles. The summed E-state index contributed by atoms with van der Waals surface area (Å²) in [6, 6.07) is 6.04. The van der Waals surface area contributed by atoms with E-state index < -0.39 is 6.36 Å². The van der Waals surface area contributed by atoms with Crippen LogP contribution in [0.25, 0.3) is 0 Å². The lowest BCUT2D eigenvalue weighted by molar-refractivity contribution is -0.274. The fourth-order valence-corrected chi connectivity index (χ4v) is 3.03. The Kier molecular flexibility index (Phi) is 6.08. The molecule has 1 atom stereocenters. The van der Waals surface area contributed by atoms with E-state index >= 15 is 0 Å². The fraction of sp³-hybridized carbons (Fsp3) is 0.444. The van der Waals surface area contributed by atoms with Crippen LogP contribution in [0.15, 0.2) is 41.7 Å². The average molecular weight is 397 g/mol. The van der Waals surface area contributed by atoms with Crippen LogP contribution in [0.2, 0.25) is 0 Å². The van der Waals surface area contributed by atoms with Crippen molar-refractivity contribution >= 4 is 5.96 Å². The van der Waals surface area contributed by atoms with Crippen LogP contribution in [0.4, 0.5) is 13.2 Å². The monoisotopic (exact) mass is 397 g/mol. The SMILES string of the molecule is CN=C(NCc1ccccc1OC(F)(F)F)N1CCOC(c2cnn(C)c2)C1. The van der Waals surface area contributed by atoms with Gasteiger partial charge in [-0.1, -0.05) is 18.2 Å². The molecule has 0 radical (unpaired) electrons. The molecule has 3 rings (SSSR count). The maximum atomic E-state index is 12.6. The molecule has 0 aliphatic carbocycles. The van der Waals surface area contributed by atoms with Crippen molar-refractivity contribution in [2.45, 2.75) is 19.0 Å². The van der Waals surface area contributed by atoms with E-state index in [2.05, 4.69) is 20.1 Å². The number of ether oxygens (including phenoxy) is 2. The number of nitrogens with one attached hydrogen (secondary N) is 1. The third kappa shape index (κ3) is 5.16. The van der Waals surface area contributed by atoms with E-state index in [0.717, 1.165) is 5.56 Å². The lowest BCUT2D eigenvalue weighted by Gasteiger charge is -2.34. The van der Waals surface area contributed by atoms with Crippen LogP contribution in [0, 0.1) is 0 Å². The van der Waals surface area contributed by atoms with Crippen molar-refractivity contribution in [3.8, 4) is 5.75 Å². The number of halogens is 3. The van der Waals surface area contributed by atoms with Crippen LogP contribution in [0.3, 0.4) is 0 Å². The van der Waals surface area contributed by atoms with Crippen molar-refractivity contribution in [2.24, 2.45) is 12.0 Å². The molecule has 0 saturated carbocycles. The first-order valence-corrected chi connectivity index (χ1v) is 8.75. The van der Waals surface area contributed by atoms with Gasteiger partial charge < -0.3 is 19.7 Å². The van der Waals surface area contributed by atoms with Crippen molar-refractivity contribution in [1.29, 1.82) is 0 Å². The molecule has 1 aromatic carbocycles. The van der Waals surface area contributed by atoms with Gasteiger partial charge in [0.05, 0.1) is 19.3 Å². The van der Waals surface area contributed by atoms with Gasteiger partial charge >= 0.3 is 6.36 Å². The number of aliphatic imine (C=N–C) groups is 1. The molecule has 7 nitrogen and oxygen atoms in total. The average Bonchev–Trinajstić information content (AvgIpc) is 3.09. The van der Waals surface area contributed by atoms with Gasteiger partial charge in [-0.3, -0.25) is 9.67 Å². The van der Waals surface area contributed by atoms with Crippen molar-refractivity contribution < 1.29 is 22.6 Å². The molecular weight excluding hydrogens is 375 g/mol. The predicted molar refractivity (Wildman–Crippen MR) is 96.8 cm³/mol. The molecule has 1 aliphatic rings. The summed E-state index contributed by atoms with van der Waals surface area (Å²) in [7, 11) is 3.47. The third-order valence-corrected chi connectivity index (χ3v) is 4.31. The number of aromatic nitrogens is 2. The lowest BCUT2D eigenvalue weighted by atomic mass is 10.1. The Bertz CT molecular complexity index is 822. The van der Waals surface area contributed by atoms with Gasteiger partial charge in [0.2, 0.25) is 0 Å². The van der Waals surface area contributed by atoms with Gasteiger partial charge in [0.1, 0.15) is 11.9 Å². The summed E-state index contributed by atoms with van der Waals surface area (Å²) >= 11 is 0. The topological polar surface area (TPSA) is 63.9 Å². The highest BCUT2D eigenvalue weighted by Gasteiger charge is 2.32. The van der Waals surface area contributed by atoms with Gasteiger partial charge in [0.25, 0.3) is 0 Å². The summed E-state index contributed by atoms with van der Waals surface area (Å²) < 4.78 is 49.4. The van der Waals surface area contributed by atoms with E-state index in [1.165, 1.54) is 12.1 Å². The molecule has 0 bridgehead atoms. The Morgan fingerprint density at radius 3 is 2.86 bits per heavy atom. The predicted octanol–water partition coefficient (Wildman–Crippen LogP) is 2.47. The Morgan fingerprint density at radius 2 is 2.18 bits per heavy atom. The Morgan fingerprint density at radius 1 is 1.39 bits per heavy atom. The highest BCUT2D eigenvalue weighted by Crippen LogP contribution is 2.26. The number of morpholine rings is 1. The zero-order valence-electron chi connectivity index (χ0n) is 15.6. The summed E-state index contributed by atoms with van der Waals surface area (Å²) in [6.07, 6.45) is -1.23. The van der Waals surface area contributed by atoms with E-state index in [-0.39, 0.29) is 18.4 Å². The number of guanidine groups is 1. The Hall–Kier alpha value is -2.75. The molecule has 10 heteroatoms. The van der Waals surface area contributed by atoms with Gasteiger partial charge in [-0.25, -0.2) is 0 Å². The fourth-order valence-electron chi connectivity index (χ4n) is 3.03. The van der Waals surface area contributed by atoms with Crippen LogP contribution in [0.5, 0.6) is 5.75 Å². The van der Waals surface area contributed by atoms with Gasteiger partial charge in [-0.05, 0) is 6.07 Å². The first-order chi connectivity index (χ1) is 13.4. The van der Waals surface area contributed by atoms with Gasteiger partial charge in [0.15, 0.2) is 5.96 Å². The minimum atomic E-state index is -4.74. The van der Waals surface area contributed by atoms with E-state index in [9.17, 15) is 13.2 Å². The number of hydrogen-bond acceptors (Lipinski definition) is 4. The summed E-state index contributed by atoms with van der Waals surface area (Å²) in [5.74, 6) is 0.354. The smallest absolute Gasteiger partial charge is 0.405 e. The summed E-state index contributed by atoms with van der Waals surface area (Å²) in [5, 5.41) is 7.27. The van der Waals surface area contributed by atoms with Crippen LogP contribution in [0.1, 0.15) is 17.2 Å². The van der Waals surface area contributed by atoms with Gasteiger partial charge in [0, 0.05) is 44.5 Å². The molecule has 1 aliphatic heterocycles. The molecule has 0 spiro atoms. The number of para-hydroxylation sites is 1. The zero-order chi connectivity index (χ0) is 20.1. The van der Waals surface area contributed by atoms with Crippen LogP contribution in [-0.4, -0.2) is 53.7 Å². The summed E-state index contributed by atoms with van der Waals surface area (Å²) in [5.41, 5.74) is 1.35. The second-order valence-electron chi connectivity index (χ2n) is 6.31. The number of nitrogens with zero attached hydrogens (tertiary/aromatic N) is 4. The Balaban J connectivity index is 1.65. The molecule has 152 valence electrons. The highest BCUT2D eigenvalue weighted by molar-refractivity contribution is 5.80. The number of hydrogen-bond donors (Lipinski definition) is 1. The highest BCUT2D eigenvalue weighted by atomic mass is 19.4. The molecule has 1 unspecified atom stereocenters. The summed E-state index contributed by atoms with van der Waals surface area (Å²) in [4.78, 5) is 6.26. The molecule has 1 aromatic heterocycles. The van der Waals surface area contributed by atoms with Crippen LogP contribution in [-0.2, 0) is 18.3 Å². The van der Waals surface area contributed by atoms with Crippen LogP contribution < -0.4 is 10.1 Å². The summed E-state index contributed by atoms with van der Waals surface area (Å²) in [6.45, 7) is 1.84. The van der Waals surface area contributed by atoms with E-state index in [1.54, 1.807) is 30.1 Å². The minimum absolute atomic E-state index is 0.147. The molecule has 1 N–H and O–H groups in total. The quantitative estimate of drug-likeness (QED) is 0.634. The Labute approximate surface area is 160 Å². The minimum Gasteiger partial charge on any atom is -0.405 e. The lowest BCUT2D eigenvalue weighted by Crippen LogP contribution is -2.47. The molecule has 1 saturated heterocycles. The molecule has 1 fully saturated rings. The molecule has 28 heavy (non-hydrogen) atoms. The van der Waals surface area contributed by atoms with E-state index in [4.69, 9.17) is 4.74 Å². The normalized spacial score (nSPS) is 18.2. The van der Waals surface area contributed by atoms with E-state index in [1.807, 2.05) is 18.1 Å². The maximum Gasteiger partial charge on any atom is 0.573 e. The third-order valence-electron chi connectivity index (χ3n) is 4.31. The van der Waals surface area contributed by atoms with Gasteiger partial charge in [-0.2, -0.15) is 5.10 Å². The van der Waals surface area contributed by atoms with E-state index in [0.29, 0.717) is 31.2 Å². The van der Waals surface area contributed by atoms with Crippen molar-refractivity contribution in [3.05, 3.63) is 47.8 Å². The number of alkyl halides is 3. The second-order valence-corrected chi connectivity index (χ2v) is 6.31. The number of aryl methyl sites for hydroxylation is 1. The second kappa shape index (κ2) is 8.51. The van der Waals surface area contributed by atoms with Crippen LogP contribution >= 0.6 is 0 Å². The van der Waals surface area contributed by atoms with Crippen molar-refractivity contribution in [2.75, 3.05) is 26.7 Å². The number of rotatable bonds is 4.